The van der Waals surface area contributed by atoms with E-state index in [1.165, 1.54) is 0 Å². The third-order valence-corrected chi connectivity index (χ3v) is 5.83. The Kier molecular flexibility index (Phi) is 4.03. The van der Waals surface area contributed by atoms with Gasteiger partial charge in [0.1, 0.15) is 5.75 Å². The van der Waals surface area contributed by atoms with Crippen molar-refractivity contribution in [2.45, 2.75) is 31.2 Å². The van der Waals surface area contributed by atoms with E-state index in [0.29, 0.717) is 28.5 Å². The lowest BCUT2D eigenvalue weighted by Gasteiger charge is -2.14. The van der Waals surface area contributed by atoms with Gasteiger partial charge >= 0.3 is 0 Å². The molecule has 1 aliphatic carbocycles. The molecule has 2 aliphatic rings. The van der Waals surface area contributed by atoms with Crippen molar-refractivity contribution < 1.29 is 5.11 Å². The van der Waals surface area contributed by atoms with Gasteiger partial charge in [0.05, 0.1) is 28.1 Å². The predicted octanol–water partition coefficient (Wildman–Crippen LogP) is 2.67. The predicted molar refractivity (Wildman–Crippen MR) is 93.3 cm³/mol. The Balaban J connectivity index is 1.71. The van der Waals surface area contributed by atoms with Crippen molar-refractivity contribution in [3.63, 3.8) is 0 Å². The van der Waals surface area contributed by atoms with E-state index in [2.05, 4.69) is 10.3 Å². The Hall–Kier alpha value is -1.56. The summed E-state index contributed by atoms with van der Waals surface area (Å²) in [6.07, 6.45) is 3.70. The van der Waals surface area contributed by atoms with Gasteiger partial charge in [-0.25, -0.2) is 4.98 Å². The first-order chi connectivity index (χ1) is 11.6. The fraction of sp³-hybridized carbons (Fsp3) is 0.412. The highest BCUT2D eigenvalue weighted by Crippen LogP contribution is 2.42. The zero-order valence-electron chi connectivity index (χ0n) is 12.9. The summed E-state index contributed by atoms with van der Waals surface area (Å²) in [5.41, 5.74) is 2.15. The van der Waals surface area contributed by atoms with Crippen molar-refractivity contribution in [3.8, 4) is 5.75 Å². The maximum absolute atomic E-state index is 12.8. The van der Waals surface area contributed by atoms with E-state index in [4.69, 9.17) is 23.2 Å². The normalized spacial score (nSPS) is 22.8. The molecule has 0 spiro atoms. The average molecular weight is 366 g/mol. The lowest BCUT2D eigenvalue weighted by atomic mass is 9.95. The van der Waals surface area contributed by atoms with Crippen LogP contribution in [0.15, 0.2) is 23.3 Å². The third kappa shape index (κ3) is 2.51. The highest BCUT2D eigenvalue weighted by molar-refractivity contribution is 6.42. The molecule has 5 nitrogen and oxygen atoms in total. The van der Waals surface area contributed by atoms with Crippen LogP contribution in [-0.2, 0) is 12.8 Å². The molecule has 0 unspecified atom stereocenters. The molecule has 0 bridgehead atoms. The van der Waals surface area contributed by atoms with Crippen molar-refractivity contribution in [2.75, 3.05) is 13.1 Å². The van der Waals surface area contributed by atoms with Crippen LogP contribution in [0.4, 0.5) is 0 Å². The number of nitrogens with zero attached hydrogens (tertiary/aromatic N) is 2. The van der Waals surface area contributed by atoms with Crippen LogP contribution in [0.3, 0.4) is 0 Å². The second-order valence-electron chi connectivity index (χ2n) is 6.43. The zero-order valence-corrected chi connectivity index (χ0v) is 14.4. The second kappa shape index (κ2) is 6.06. The largest absolute Gasteiger partial charge is 0.508 e. The minimum atomic E-state index is -0.0797. The summed E-state index contributed by atoms with van der Waals surface area (Å²) in [4.78, 5) is 17.3. The Labute approximate surface area is 149 Å². The van der Waals surface area contributed by atoms with Crippen molar-refractivity contribution in [1.82, 2.24) is 14.9 Å². The van der Waals surface area contributed by atoms with Crippen LogP contribution in [0.25, 0.3) is 0 Å². The fourth-order valence-corrected chi connectivity index (χ4v) is 4.24. The van der Waals surface area contributed by atoms with E-state index < -0.39 is 0 Å². The molecule has 7 heteroatoms. The number of aromatic hydroxyl groups is 1. The highest BCUT2D eigenvalue weighted by atomic mass is 35.5. The van der Waals surface area contributed by atoms with Gasteiger partial charge in [-0.15, -0.1) is 0 Å². The lowest BCUT2D eigenvalue weighted by molar-refractivity contribution is 0.461. The Bertz CT molecular complexity index is 860. The maximum Gasteiger partial charge on any atom is 0.257 e. The average Bonchev–Trinajstić information content (AvgIpc) is 3.21. The van der Waals surface area contributed by atoms with E-state index in [1.807, 2.05) is 0 Å². The van der Waals surface area contributed by atoms with Crippen molar-refractivity contribution in [3.05, 3.63) is 55.7 Å². The van der Waals surface area contributed by atoms with Gasteiger partial charge in [-0.3, -0.25) is 9.36 Å². The molecule has 2 N–H and O–H groups in total. The number of rotatable bonds is 2. The Morgan fingerprint density at radius 1 is 1.29 bits per heavy atom. The monoisotopic (exact) mass is 365 g/mol. The van der Waals surface area contributed by atoms with E-state index in [0.717, 1.165) is 30.8 Å². The molecule has 1 aliphatic heterocycles. The van der Waals surface area contributed by atoms with Crippen LogP contribution in [0.2, 0.25) is 10.0 Å². The van der Waals surface area contributed by atoms with Crippen LogP contribution in [0.5, 0.6) is 5.75 Å². The summed E-state index contributed by atoms with van der Waals surface area (Å²) in [6, 6.07) is 3.28. The minimum Gasteiger partial charge on any atom is -0.508 e. The van der Waals surface area contributed by atoms with Gasteiger partial charge in [0.15, 0.2) is 0 Å². The van der Waals surface area contributed by atoms with Crippen LogP contribution in [-0.4, -0.2) is 27.7 Å². The number of nitrogens with one attached hydrogen (secondary N) is 1. The summed E-state index contributed by atoms with van der Waals surface area (Å²) >= 11 is 12.4. The smallest absolute Gasteiger partial charge is 0.257 e. The van der Waals surface area contributed by atoms with Crippen molar-refractivity contribution in [1.29, 1.82) is 0 Å². The molecule has 1 aromatic heterocycles. The van der Waals surface area contributed by atoms with Crippen LogP contribution >= 0.6 is 23.2 Å². The number of halogens is 2. The number of phenolic OH excluding ortho intramolecular Hbond substituents is 1. The first-order valence-electron chi connectivity index (χ1n) is 8.02. The maximum atomic E-state index is 12.8. The number of phenols is 1. The van der Waals surface area contributed by atoms with Crippen LogP contribution in [0, 0.1) is 0 Å². The first-order valence-corrected chi connectivity index (χ1v) is 8.78. The van der Waals surface area contributed by atoms with E-state index in [1.54, 1.807) is 23.0 Å². The van der Waals surface area contributed by atoms with Gasteiger partial charge in [-0.05, 0) is 43.9 Å². The molecule has 4 rings (SSSR count). The molecule has 1 fully saturated rings. The summed E-state index contributed by atoms with van der Waals surface area (Å²) in [5, 5.41) is 14.2. The van der Waals surface area contributed by atoms with Gasteiger partial charge in [0, 0.05) is 17.7 Å². The fourth-order valence-electron chi connectivity index (χ4n) is 3.76. The number of fused-ring (bicyclic) bond motifs is 1. The van der Waals surface area contributed by atoms with E-state index in [-0.39, 0.29) is 23.3 Å². The second-order valence-corrected chi connectivity index (χ2v) is 7.21. The lowest BCUT2D eigenvalue weighted by Crippen LogP contribution is -2.29. The molecule has 0 saturated carbocycles. The highest BCUT2D eigenvalue weighted by Gasteiger charge is 2.32. The van der Waals surface area contributed by atoms with Gasteiger partial charge in [-0.2, -0.15) is 0 Å². The molecule has 24 heavy (non-hydrogen) atoms. The SMILES string of the molecule is O=c1c2c(ncn1[C@@H]1CCNC1)C[C@@H](c1c(O)ccc(Cl)c1Cl)C2. The number of benzene rings is 1. The molecule has 126 valence electrons. The molecule has 2 atom stereocenters. The van der Waals surface area contributed by atoms with Gasteiger partial charge in [-0.1, -0.05) is 23.2 Å². The zero-order chi connectivity index (χ0) is 16.8. The first kappa shape index (κ1) is 15.9. The number of hydrogen-bond donors (Lipinski definition) is 2. The molecule has 2 aromatic rings. The van der Waals surface area contributed by atoms with Crippen LogP contribution in [0.1, 0.15) is 35.2 Å². The van der Waals surface area contributed by atoms with Gasteiger partial charge in [0.2, 0.25) is 0 Å². The van der Waals surface area contributed by atoms with Crippen LogP contribution < -0.4 is 10.9 Å². The van der Waals surface area contributed by atoms with E-state index >= 15 is 0 Å². The van der Waals surface area contributed by atoms with Gasteiger partial charge < -0.3 is 10.4 Å². The standard InChI is InChI=1S/C17H17Cl2N3O2/c18-12-1-2-14(23)15(16(12)19)9-5-11-13(6-9)21-8-22(17(11)24)10-3-4-20-7-10/h1-2,8-10,20,23H,3-7H2/t9-,10+/m0/s1. The topological polar surface area (TPSA) is 67.2 Å². The van der Waals surface area contributed by atoms with Crippen molar-refractivity contribution >= 4 is 23.2 Å². The molecular weight excluding hydrogens is 349 g/mol. The quantitative estimate of drug-likeness (QED) is 0.858. The number of hydrogen-bond acceptors (Lipinski definition) is 4. The molecule has 0 radical (unpaired) electrons. The molecule has 1 saturated heterocycles. The number of aromatic nitrogens is 2. The van der Waals surface area contributed by atoms with Crippen molar-refractivity contribution in [2.24, 2.45) is 0 Å². The summed E-state index contributed by atoms with van der Waals surface area (Å²) in [7, 11) is 0. The summed E-state index contributed by atoms with van der Waals surface area (Å²) in [6.45, 7) is 1.72. The van der Waals surface area contributed by atoms with E-state index in [9.17, 15) is 9.90 Å². The molecular formula is C17H17Cl2N3O2. The summed E-state index contributed by atoms with van der Waals surface area (Å²) in [5.74, 6) is 0.0338. The summed E-state index contributed by atoms with van der Waals surface area (Å²) < 4.78 is 1.74. The Morgan fingerprint density at radius 3 is 2.88 bits per heavy atom. The minimum absolute atomic E-state index is 0.0221. The molecule has 2 heterocycles. The molecule has 0 amide bonds. The Morgan fingerprint density at radius 2 is 2.12 bits per heavy atom. The van der Waals surface area contributed by atoms with Gasteiger partial charge in [0.25, 0.3) is 5.56 Å². The molecule has 1 aromatic carbocycles. The third-order valence-electron chi connectivity index (χ3n) is 5.01.